The van der Waals surface area contributed by atoms with Crippen molar-refractivity contribution in [2.45, 2.75) is 44.4 Å². The predicted molar refractivity (Wildman–Crippen MR) is 65.0 cm³/mol. The third-order valence-electron chi connectivity index (χ3n) is 3.47. The van der Waals surface area contributed by atoms with E-state index in [0.29, 0.717) is 12.8 Å². The quantitative estimate of drug-likeness (QED) is 0.710. The summed E-state index contributed by atoms with van der Waals surface area (Å²) in [6.07, 6.45) is 1.90. The number of ether oxygens (including phenoxy) is 1. The van der Waals surface area contributed by atoms with Gasteiger partial charge in [0.15, 0.2) is 0 Å². The number of rotatable bonds is 4. The highest BCUT2D eigenvalue weighted by molar-refractivity contribution is 7.89. The van der Waals surface area contributed by atoms with Gasteiger partial charge < -0.3 is 4.74 Å². The van der Waals surface area contributed by atoms with E-state index in [-0.39, 0.29) is 6.04 Å². The number of methoxy groups -OCH3 is 1. The molecular formula is C11H21NO4S. The van der Waals surface area contributed by atoms with E-state index in [9.17, 15) is 13.2 Å². The summed E-state index contributed by atoms with van der Waals surface area (Å²) in [7, 11) is -0.546. The van der Waals surface area contributed by atoms with Crippen LogP contribution in [0.2, 0.25) is 0 Å². The van der Waals surface area contributed by atoms with Crippen molar-refractivity contribution in [3.8, 4) is 0 Å². The molecule has 100 valence electrons. The number of hydrogen-bond donors (Lipinski definition) is 0. The monoisotopic (exact) mass is 263 g/mol. The number of esters is 1. The molecule has 0 aromatic heterocycles. The minimum atomic E-state index is -3.41. The Kier molecular flexibility index (Phi) is 4.55. The van der Waals surface area contributed by atoms with Gasteiger partial charge in [0, 0.05) is 13.1 Å². The van der Waals surface area contributed by atoms with Crippen molar-refractivity contribution in [1.82, 2.24) is 4.31 Å². The zero-order valence-electron chi connectivity index (χ0n) is 10.8. The molecule has 0 bridgehead atoms. The third kappa shape index (κ3) is 2.80. The molecule has 0 aromatic rings. The van der Waals surface area contributed by atoms with Gasteiger partial charge in [-0.3, -0.25) is 4.79 Å². The second-order valence-electron chi connectivity index (χ2n) is 4.75. The standard InChI is InChI=1S/C11H21NO4S/c1-8(2)12(3)17(14,15)10-7-5-6-9(10)11(13)16-4/h8-10H,5-7H2,1-4H3. The van der Waals surface area contributed by atoms with Gasteiger partial charge in [-0.1, -0.05) is 6.42 Å². The van der Waals surface area contributed by atoms with Gasteiger partial charge >= 0.3 is 5.97 Å². The van der Waals surface area contributed by atoms with Crippen molar-refractivity contribution in [2.24, 2.45) is 5.92 Å². The molecule has 1 aliphatic carbocycles. The first-order valence-electron chi connectivity index (χ1n) is 5.87. The summed E-state index contributed by atoms with van der Waals surface area (Å²) in [6.45, 7) is 3.64. The smallest absolute Gasteiger partial charge is 0.310 e. The van der Waals surface area contributed by atoms with Crippen molar-refractivity contribution >= 4 is 16.0 Å². The lowest BCUT2D eigenvalue weighted by molar-refractivity contribution is -0.145. The van der Waals surface area contributed by atoms with E-state index in [2.05, 4.69) is 4.74 Å². The van der Waals surface area contributed by atoms with E-state index in [0.717, 1.165) is 6.42 Å². The van der Waals surface area contributed by atoms with Gasteiger partial charge in [-0.2, -0.15) is 0 Å². The molecule has 0 heterocycles. The summed E-state index contributed by atoms with van der Waals surface area (Å²) in [6, 6.07) is -0.0982. The number of carbonyl (C=O) groups is 1. The van der Waals surface area contributed by atoms with E-state index < -0.39 is 27.2 Å². The first-order chi connectivity index (χ1) is 7.82. The molecule has 2 atom stereocenters. The van der Waals surface area contributed by atoms with Crippen LogP contribution in [0.15, 0.2) is 0 Å². The Morgan fingerprint density at radius 1 is 1.35 bits per heavy atom. The minimum absolute atomic E-state index is 0.0982. The molecule has 0 aliphatic heterocycles. The fraction of sp³-hybridized carbons (Fsp3) is 0.909. The largest absolute Gasteiger partial charge is 0.469 e. The van der Waals surface area contributed by atoms with Crippen LogP contribution < -0.4 is 0 Å². The molecule has 0 N–H and O–H groups in total. The summed E-state index contributed by atoms with van der Waals surface area (Å²) in [4.78, 5) is 11.6. The summed E-state index contributed by atoms with van der Waals surface area (Å²) in [5.41, 5.74) is 0. The van der Waals surface area contributed by atoms with Gasteiger partial charge in [-0.15, -0.1) is 0 Å². The molecule has 1 aliphatic rings. The van der Waals surface area contributed by atoms with Crippen LogP contribution in [0, 0.1) is 5.92 Å². The Bertz CT molecular complexity index is 377. The van der Waals surface area contributed by atoms with Crippen molar-refractivity contribution in [1.29, 1.82) is 0 Å². The SMILES string of the molecule is COC(=O)C1CCCC1S(=O)(=O)N(C)C(C)C. The molecule has 1 rings (SSSR count). The van der Waals surface area contributed by atoms with Crippen molar-refractivity contribution < 1.29 is 17.9 Å². The molecule has 0 radical (unpaired) electrons. The molecule has 2 unspecified atom stereocenters. The molecule has 1 fully saturated rings. The van der Waals surface area contributed by atoms with Crippen LogP contribution in [0.5, 0.6) is 0 Å². The van der Waals surface area contributed by atoms with Crippen LogP contribution in [0.25, 0.3) is 0 Å². The second kappa shape index (κ2) is 5.35. The molecule has 0 amide bonds. The molecule has 5 nitrogen and oxygen atoms in total. The Hall–Kier alpha value is -0.620. The zero-order valence-corrected chi connectivity index (χ0v) is 11.7. The maximum Gasteiger partial charge on any atom is 0.310 e. The lowest BCUT2D eigenvalue weighted by Crippen LogP contribution is -2.43. The van der Waals surface area contributed by atoms with Crippen LogP contribution in [0.3, 0.4) is 0 Å². The summed E-state index contributed by atoms with van der Waals surface area (Å²) in [5, 5.41) is -0.623. The normalized spacial score (nSPS) is 25.5. The van der Waals surface area contributed by atoms with Crippen LogP contribution in [-0.2, 0) is 19.6 Å². The molecular weight excluding hydrogens is 242 g/mol. The number of sulfonamides is 1. The van der Waals surface area contributed by atoms with Crippen LogP contribution in [0.4, 0.5) is 0 Å². The van der Waals surface area contributed by atoms with Crippen LogP contribution in [0.1, 0.15) is 33.1 Å². The second-order valence-corrected chi connectivity index (χ2v) is 6.97. The maximum atomic E-state index is 12.3. The van der Waals surface area contributed by atoms with Crippen molar-refractivity contribution in [2.75, 3.05) is 14.2 Å². The van der Waals surface area contributed by atoms with Crippen molar-refractivity contribution in [3.05, 3.63) is 0 Å². The van der Waals surface area contributed by atoms with Gasteiger partial charge in [-0.05, 0) is 26.7 Å². The van der Waals surface area contributed by atoms with E-state index in [1.54, 1.807) is 7.05 Å². The first kappa shape index (κ1) is 14.4. The van der Waals surface area contributed by atoms with Gasteiger partial charge in [0.25, 0.3) is 0 Å². The molecule has 1 saturated carbocycles. The van der Waals surface area contributed by atoms with E-state index >= 15 is 0 Å². The van der Waals surface area contributed by atoms with Gasteiger partial charge in [0.1, 0.15) is 0 Å². The average molecular weight is 263 g/mol. The van der Waals surface area contributed by atoms with Crippen LogP contribution >= 0.6 is 0 Å². The highest BCUT2D eigenvalue weighted by Gasteiger charge is 2.44. The van der Waals surface area contributed by atoms with E-state index in [4.69, 9.17) is 0 Å². The highest BCUT2D eigenvalue weighted by atomic mass is 32.2. The lowest BCUT2D eigenvalue weighted by Gasteiger charge is -2.27. The van der Waals surface area contributed by atoms with E-state index in [1.165, 1.54) is 11.4 Å². The molecule has 0 aromatic carbocycles. The van der Waals surface area contributed by atoms with Gasteiger partial charge in [0.05, 0.1) is 18.3 Å². The molecule has 0 saturated heterocycles. The molecule has 0 spiro atoms. The van der Waals surface area contributed by atoms with Gasteiger partial charge in [-0.25, -0.2) is 12.7 Å². The topological polar surface area (TPSA) is 63.7 Å². The van der Waals surface area contributed by atoms with Crippen LogP contribution in [-0.4, -0.2) is 44.1 Å². The zero-order chi connectivity index (χ0) is 13.2. The number of hydrogen-bond acceptors (Lipinski definition) is 4. The highest BCUT2D eigenvalue weighted by Crippen LogP contribution is 2.33. The molecule has 17 heavy (non-hydrogen) atoms. The molecule has 6 heteroatoms. The van der Waals surface area contributed by atoms with Crippen molar-refractivity contribution in [3.63, 3.8) is 0 Å². The maximum absolute atomic E-state index is 12.3. The minimum Gasteiger partial charge on any atom is -0.469 e. The van der Waals surface area contributed by atoms with E-state index in [1.807, 2.05) is 13.8 Å². The Morgan fingerprint density at radius 2 is 1.94 bits per heavy atom. The fourth-order valence-corrected chi connectivity index (χ4v) is 4.35. The van der Waals surface area contributed by atoms with Gasteiger partial charge in [0.2, 0.25) is 10.0 Å². The summed E-state index contributed by atoms with van der Waals surface area (Å²) >= 11 is 0. The fourth-order valence-electron chi connectivity index (χ4n) is 2.21. The number of carbonyl (C=O) groups excluding carboxylic acids is 1. The Balaban J connectivity index is 2.95. The average Bonchev–Trinajstić information content (AvgIpc) is 2.76. The Morgan fingerprint density at radius 3 is 2.41 bits per heavy atom. The summed E-state index contributed by atoms with van der Waals surface area (Å²) < 4.78 is 30.7. The lowest BCUT2D eigenvalue weighted by atomic mass is 10.1. The summed E-state index contributed by atoms with van der Waals surface area (Å²) in [5.74, 6) is -0.917. The predicted octanol–water partition coefficient (Wildman–Crippen LogP) is 0.998. The Labute approximate surface area is 103 Å². The number of nitrogens with zero attached hydrogens (tertiary/aromatic N) is 1. The third-order valence-corrected chi connectivity index (χ3v) is 6.02. The first-order valence-corrected chi connectivity index (χ1v) is 7.37.